The second-order valence-corrected chi connectivity index (χ2v) is 12.9. The second-order valence-electron chi connectivity index (χ2n) is 12.9. The number of hydrogen-bond acceptors (Lipinski definition) is 3. The van der Waals surface area contributed by atoms with Gasteiger partial charge in [0.25, 0.3) is 0 Å². The van der Waals surface area contributed by atoms with Crippen molar-refractivity contribution in [1.29, 1.82) is 0 Å². The smallest absolute Gasteiger partial charge is 0.234 e. The highest BCUT2D eigenvalue weighted by molar-refractivity contribution is 6.29. The highest BCUT2D eigenvalue weighted by Crippen LogP contribution is 2.56. The maximum Gasteiger partial charge on any atom is 0.234 e. The fourth-order valence-corrected chi connectivity index (χ4v) is 8.15. The van der Waals surface area contributed by atoms with Gasteiger partial charge in [-0.3, -0.25) is 9.55 Å². The maximum absolute atomic E-state index is 4.98. The fraction of sp³-hybridized carbons (Fsp3) is 0.0714. The normalized spacial score (nSPS) is 13.6. The number of pyridine rings is 1. The van der Waals surface area contributed by atoms with Gasteiger partial charge in [0, 0.05) is 46.5 Å². The molecule has 0 aliphatic heterocycles. The van der Waals surface area contributed by atoms with Crippen LogP contribution in [0.2, 0.25) is 0 Å². The Labute approximate surface area is 265 Å². The molecule has 216 valence electrons. The number of rotatable bonds is 2. The summed E-state index contributed by atoms with van der Waals surface area (Å²) in [5.41, 5.74) is 9.28. The van der Waals surface area contributed by atoms with Crippen LogP contribution in [0.4, 0.5) is 0 Å². The molecule has 0 radical (unpaired) electrons. The predicted molar refractivity (Wildman–Crippen MR) is 190 cm³/mol. The van der Waals surface area contributed by atoms with Crippen molar-refractivity contribution in [2.24, 2.45) is 0 Å². The van der Waals surface area contributed by atoms with Crippen LogP contribution < -0.4 is 0 Å². The Balaban J connectivity index is 1.33. The van der Waals surface area contributed by atoms with Crippen LogP contribution in [0.1, 0.15) is 25.0 Å². The first kappa shape index (κ1) is 25.5. The van der Waals surface area contributed by atoms with Gasteiger partial charge in [-0.15, -0.1) is 0 Å². The lowest BCUT2D eigenvalue weighted by Crippen LogP contribution is -2.17. The molecule has 10 rings (SSSR count). The zero-order valence-corrected chi connectivity index (χ0v) is 25.5. The summed E-state index contributed by atoms with van der Waals surface area (Å²) < 4.78 is 2.25. The van der Waals surface area contributed by atoms with Crippen LogP contribution in [0.3, 0.4) is 0 Å². The number of nitrogens with zero attached hydrogens (tertiary/aromatic N) is 4. The van der Waals surface area contributed by atoms with Crippen LogP contribution in [0.5, 0.6) is 0 Å². The molecule has 0 spiro atoms. The van der Waals surface area contributed by atoms with Crippen molar-refractivity contribution in [2.75, 3.05) is 0 Å². The van der Waals surface area contributed by atoms with E-state index in [1.807, 2.05) is 43.0 Å². The number of aromatic nitrogens is 4. The number of benzene rings is 6. The third-order valence-corrected chi connectivity index (χ3v) is 10.2. The first-order chi connectivity index (χ1) is 22.6. The molecule has 6 aromatic carbocycles. The van der Waals surface area contributed by atoms with Crippen molar-refractivity contribution in [3.05, 3.63) is 145 Å². The van der Waals surface area contributed by atoms with Gasteiger partial charge in [0.05, 0.1) is 11.0 Å². The first-order valence-corrected chi connectivity index (χ1v) is 15.8. The molecule has 0 saturated carbocycles. The Morgan fingerprint density at radius 2 is 1.17 bits per heavy atom. The van der Waals surface area contributed by atoms with E-state index in [0.717, 1.165) is 32.9 Å². The summed E-state index contributed by atoms with van der Waals surface area (Å²) in [6.45, 7) is 4.73. The zero-order chi connectivity index (χ0) is 30.6. The molecule has 0 amide bonds. The number of fused-ring (bicyclic) bond motifs is 14. The molecule has 0 N–H and O–H groups in total. The van der Waals surface area contributed by atoms with Gasteiger partial charge in [-0.1, -0.05) is 117 Å². The van der Waals surface area contributed by atoms with Crippen LogP contribution >= 0.6 is 0 Å². The lowest BCUT2D eigenvalue weighted by atomic mass is 9.80. The SMILES string of the molecule is CC1(C)c2ccc3c4ccccc4c4ccccc4c3c2-c2ccc3c4cnccc4n(-c4ncc(-c5ccccc5)cn4)c3c21. The van der Waals surface area contributed by atoms with Crippen molar-refractivity contribution in [3.63, 3.8) is 0 Å². The molecule has 1 aliphatic carbocycles. The molecule has 1 aliphatic rings. The van der Waals surface area contributed by atoms with E-state index in [4.69, 9.17) is 9.97 Å². The van der Waals surface area contributed by atoms with Crippen molar-refractivity contribution in [3.8, 4) is 28.2 Å². The first-order valence-electron chi connectivity index (χ1n) is 15.8. The third kappa shape index (κ3) is 3.25. The van der Waals surface area contributed by atoms with Gasteiger partial charge in [-0.2, -0.15) is 0 Å². The third-order valence-electron chi connectivity index (χ3n) is 10.2. The minimum Gasteiger partial charge on any atom is -0.277 e. The zero-order valence-electron chi connectivity index (χ0n) is 25.5. The highest BCUT2D eigenvalue weighted by atomic mass is 15.2. The average molecular weight is 589 g/mol. The standard InChI is InChI=1S/C42H28N4/c1-42(2)35-19-18-31-29-14-7-6-12-27(29)28-13-8-9-15-30(28)37(31)38(35)33-17-16-32-34-24-43-21-20-36(34)46(40(32)39(33)42)41-44-22-26(23-45-41)25-10-4-3-5-11-25/h3-24H,1-2H3. The maximum atomic E-state index is 4.98. The van der Waals surface area contributed by atoms with E-state index in [1.165, 1.54) is 54.6 Å². The van der Waals surface area contributed by atoms with Crippen molar-refractivity contribution in [2.45, 2.75) is 19.3 Å². The van der Waals surface area contributed by atoms with Crippen LogP contribution in [-0.2, 0) is 5.41 Å². The van der Waals surface area contributed by atoms with Gasteiger partial charge in [0.15, 0.2) is 0 Å². The predicted octanol–water partition coefficient (Wildman–Crippen LogP) is 10.4. The Morgan fingerprint density at radius 3 is 1.91 bits per heavy atom. The average Bonchev–Trinajstić information content (AvgIpc) is 3.57. The van der Waals surface area contributed by atoms with Gasteiger partial charge in [-0.05, 0) is 66.2 Å². The summed E-state index contributed by atoms with van der Waals surface area (Å²) in [6.07, 6.45) is 7.71. The summed E-state index contributed by atoms with van der Waals surface area (Å²) in [5, 5.41) is 10.1. The van der Waals surface area contributed by atoms with Crippen LogP contribution in [0, 0.1) is 0 Å². The van der Waals surface area contributed by atoms with E-state index in [-0.39, 0.29) is 5.41 Å². The summed E-state index contributed by atoms with van der Waals surface area (Å²) in [6, 6.07) is 39.4. The lowest BCUT2D eigenvalue weighted by molar-refractivity contribution is 0.664. The molecule has 4 nitrogen and oxygen atoms in total. The van der Waals surface area contributed by atoms with E-state index < -0.39 is 0 Å². The molecular formula is C42H28N4. The molecule has 46 heavy (non-hydrogen) atoms. The molecule has 4 heteroatoms. The van der Waals surface area contributed by atoms with Gasteiger partial charge in [-0.25, -0.2) is 9.97 Å². The highest BCUT2D eigenvalue weighted by Gasteiger charge is 2.40. The Bertz CT molecular complexity index is 2670. The topological polar surface area (TPSA) is 43.6 Å². The minimum absolute atomic E-state index is 0.269. The van der Waals surface area contributed by atoms with Crippen LogP contribution in [0.15, 0.2) is 134 Å². The molecule has 0 unspecified atom stereocenters. The summed E-state index contributed by atoms with van der Waals surface area (Å²) in [4.78, 5) is 14.5. The van der Waals surface area contributed by atoms with Crippen molar-refractivity contribution >= 4 is 54.1 Å². The molecule has 0 fully saturated rings. The lowest BCUT2D eigenvalue weighted by Gasteiger charge is -2.23. The quantitative estimate of drug-likeness (QED) is 0.189. The van der Waals surface area contributed by atoms with Crippen molar-refractivity contribution in [1.82, 2.24) is 19.5 Å². The van der Waals surface area contributed by atoms with E-state index in [9.17, 15) is 0 Å². The number of hydrogen-bond donors (Lipinski definition) is 0. The molecule has 0 atom stereocenters. The van der Waals surface area contributed by atoms with Crippen molar-refractivity contribution < 1.29 is 0 Å². The summed E-state index contributed by atoms with van der Waals surface area (Å²) in [5.74, 6) is 0.660. The molecule has 3 heterocycles. The van der Waals surface area contributed by atoms with E-state index in [1.54, 1.807) is 0 Å². The van der Waals surface area contributed by atoms with Gasteiger partial charge < -0.3 is 0 Å². The van der Waals surface area contributed by atoms with Gasteiger partial charge >= 0.3 is 0 Å². The van der Waals surface area contributed by atoms with E-state index in [0.29, 0.717) is 5.95 Å². The van der Waals surface area contributed by atoms with Gasteiger partial charge in [0.2, 0.25) is 5.95 Å². The Hall–Kier alpha value is -5.87. The second kappa shape index (κ2) is 9.09. The van der Waals surface area contributed by atoms with Crippen LogP contribution in [0.25, 0.3) is 82.3 Å². The molecule has 9 aromatic rings. The molecule has 0 bridgehead atoms. The fourth-order valence-electron chi connectivity index (χ4n) is 8.15. The Kier molecular flexibility index (Phi) is 5.03. The van der Waals surface area contributed by atoms with Gasteiger partial charge in [0.1, 0.15) is 0 Å². The minimum atomic E-state index is -0.269. The Morgan fingerprint density at radius 1 is 0.543 bits per heavy atom. The van der Waals surface area contributed by atoms with Crippen LogP contribution in [-0.4, -0.2) is 19.5 Å². The van der Waals surface area contributed by atoms with E-state index in [2.05, 4.69) is 114 Å². The largest absolute Gasteiger partial charge is 0.277 e. The summed E-state index contributed by atoms with van der Waals surface area (Å²) in [7, 11) is 0. The molecular weight excluding hydrogens is 560 g/mol. The molecule has 3 aromatic heterocycles. The monoisotopic (exact) mass is 588 g/mol. The molecule has 0 saturated heterocycles. The summed E-state index contributed by atoms with van der Waals surface area (Å²) >= 11 is 0. The van der Waals surface area contributed by atoms with E-state index >= 15 is 0 Å².